The number of anilines is 1. The molecule has 1 aromatic rings. The number of ether oxygens (including phenoxy) is 1. The van der Waals surface area contributed by atoms with Gasteiger partial charge in [-0.15, -0.1) is 0 Å². The Morgan fingerprint density at radius 1 is 1.19 bits per heavy atom. The summed E-state index contributed by atoms with van der Waals surface area (Å²) >= 11 is 0. The maximum absolute atomic E-state index is 12.5. The van der Waals surface area contributed by atoms with Gasteiger partial charge >= 0.3 is 12.0 Å². The number of imide groups is 1. The van der Waals surface area contributed by atoms with Gasteiger partial charge < -0.3 is 15.0 Å². The molecule has 1 spiro atoms. The van der Waals surface area contributed by atoms with Gasteiger partial charge in [-0.2, -0.15) is 0 Å². The van der Waals surface area contributed by atoms with Crippen LogP contribution in [0.3, 0.4) is 0 Å². The molecular formula is C19H23N3O5. The number of benzene rings is 1. The Morgan fingerprint density at radius 2 is 1.85 bits per heavy atom. The van der Waals surface area contributed by atoms with Crippen molar-refractivity contribution in [2.45, 2.75) is 37.6 Å². The fourth-order valence-corrected chi connectivity index (χ4v) is 3.51. The second-order valence-corrected chi connectivity index (χ2v) is 6.88. The van der Waals surface area contributed by atoms with Crippen LogP contribution in [0.5, 0.6) is 0 Å². The van der Waals surface area contributed by atoms with Gasteiger partial charge in [-0.3, -0.25) is 19.3 Å². The largest absolute Gasteiger partial charge is 0.455 e. The normalized spacial score (nSPS) is 17.9. The van der Waals surface area contributed by atoms with E-state index >= 15 is 0 Å². The van der Waals surface area contributed by atoms with Crippen molar-refractivity contribution in [2.24, 2.45) is 0 Å². The quantitative estimate of drug-likeness (QED) is 0.601. The molecule has 0 aromatic heterocycles. The number of para-hydroxylation sites is 1. The minimum atomic E-state index is -0.782. The lowest BCUT2D eigenvalue weighted by Crippen LogP contribution is -2.44. The average molecular weight is 373 g/mol. The van der Waals surface area contributed by atoms with E-state index in [1.54, 1.807) is 31.3 Å². The minimum absolute atomic E-state index is 0.0477. The highest BCUT2D eigenvalue weighted by atomic mass is 16.5. The maximum Gasteiger partial charge on any atom is 0.325 e. The van der Waals surface area contributed by atoms with E-state index in [2.05, 4.69) is 5.32 Å². The Balaban J connectivity index is 1.45. The summed E-state index contributed by atoms with van der Waals surface area (Å²) in [4.78, 5) is 51.0. The van der Waals surface area contributed by atoms with E-state index in [4.69, 9.17) is 4.74 Å². The van der Waals surface area contributed by atoms with Crippen LogP contribution in [0.2, 0.25) is 0 Å². The van der Waals surface area contributed by atoms with Crippen molar-refractivity contribution in [3.8, 4) is 0 Å². The first kappa shape index (κ1) is 18.9. The number of hydrogen-bond donors (Lipinski definition) is 1. The van der Waals surface area contributed by atoms with E-state index in [1.165, 1.54) is 4.90 Å². The van der Waals surface area contributed by atoms with Gasteiger partial charge in [0.05, 0.1) is 6.42 Å². The Labute approximate surface area is 157 Å². The van der Waals surface area contributed by atoms with Crippen LogP contribution in [0, 0.1) is 0 Å². The van der Waals surface area contributed by atoms with Crippen LogP contribution < -0.4 is 10.2 Å². The van der Waals surface area contributed by atoms with E-state index in [9.17, 15) is 19.2 Å². The topological polar surface area (TPSA) is 96.0 Å². The van der Waals surface area contributed by atoms with Crippen LogP contribution in [0.1, 0.15) is 32.1 Å². The summed E-state index contributed by atoms with van der Waals surface area (Å²) in [5, 5.41) is 2.76. The van der Waals surface area contributed by atoms with Crippen molar-refractivity contribution in [1.82, 2.24) is 10.2 Å². The van der Waals surface area contributed by atoms with Crippen molar-refractivity contribution >= 4 is 29.5 Å². The molecule has 0 bridgehead atoms. The highest BCUT2D eigenvalue weighted by Crippen LogP contribution is 2.35. The molecule has 4 amide bonds. The number of amides is 4. The zero-order valence-corrected chi connectivity index (χ0v) is 15.3. The first-order valence-corrected chi connectivity index (χ1v) is 9.04. The molecule has 2 fully saturated rings. The molecule has 0 unspecified atom stereocenters. The van der Waals surface area contributed by atoms with Gasteiger partial charge in [-0.05, 0) is 25.0 Å². The number of carbonyl (C=O) groups is 4. The van der Waals surface area contributed by atoms with Gasteiger partial charge in [0.2, 0.25) is 0 Å². The van der Waals surface area contributed by atoms with E-state index in [0.717, 1.165) is 17.7 Å². The zero-order valence-electron chi connectivity index (χ0n) is 15.3. The van der Waals surface area contributed by atoms with Crippen LogP contribution in [-0.4, -0.2) is 54.5 Å². The summed E-state index contributed by atoms with van der Waals surface area (Å²) in [6, 6.07) is 8.54. The lowest BCUT2D eigenvalue weighted by molar-refractivity contribution is -0.148. The van der Waals surface area contributed by atoms with Gasteiger partial charge in [-0.25, -0.2) is 4.79 Å². The van der Waals surface area contributed by atoms with Crippen LogP contribution in [0.15, 0.2) is 30.3 Å². The second kappa shape index (κ2) is 7.77. The minimum Gasteiger partial charge on any atom is -0.455 e. The van der Waals surface area contributed by atoms with E-state index in [-0.39, 0.29) is 24.8 Å². The Morgan fingerprint density at radius 3 is 2.52 bits per heavy atom. The van der Waals surface area contributed by atoms with Gasteiger partial charge in [0.1, 0.15) is 5.54 Å². The Hall–Kier alpha value is -2.90. The first-order valence-electron chi connectivity index (χ1n) is 9.04. The number of nitrogens with zero attached hydrogens (tertiary/aromatic N) is 2. The molecule has 1 N–H and O–H groups in total. The SMILES string of the molecule is CN(C(=O)COC(=O)CCN1C(=O)NC2(CCCC2)C1=O)c1ccccc1. The highest BCUT2D eigenvalue weighted by molar-refractivity contribution is 6.07. The number of hydrogen-bond acceptors (Lipinski definition) is 5. The van der Waals surface area contributed by atoms with Crippen molar-refractivity contribution < 1.29 is 23.9 Å². The number of carbonyl (C=O) groups excluding carboxylic acids is 4. The third-order valence-corrected chi connectivity index (χ3v) is 5.12. The summed E-state index contributed by atoms with van der Waals surface area (Å²) in [6.45, 7) is -0.442. The standard InChI is InChI=1S/C19H23N3O5/c1-21(14-7-3-2-4-8-14)15(23)13-27-16(24)9-12-22-17(25)19(20-18(22)26)10-5-6-11-19/h2-4,7-8H,5-6,9-13H2,1H3,(H,20,26). The van der Waals surface area contributed by atoms with Crippen molar-refractivity contribution in [3.63, 3.8) is 0 Å². The lowest BCUT2D eigenvalue weighted by atomic mass is 9.98. The van der Waals surface area contributed by atoms with Gasteiger partial charge in [0.25, 0.3) is 11.8 Å². The lowest BCUT2D eigenvalue weighted by Gasteiger charge is -2.20. The molecular weight excluding hydrogens is 350 g/mol. The molecule has 0 atom stereocenters. The molecule has 1 heterocycles. The molecule has 1 saturated heterocycles. The molecule has 2 aliphatic rings. The fraction of sp³-hybridized carbons (Fsp3) is 0.474. The smallest absolute Gasteiger partial charge is 0.325 e. The van der Waals surface area contributed by atoms with E-state index < -0.39 is 24.1 Å². The number of likely N-dealkylation sites (N-methyl/N-ethyl adjacent to an activating group) is 1. The second-order valence-electron chi connectivity index (χ2n) is 6.88. The molecule has 1 aliphatic heterocycles. The molecule has 1 aromatic carbocycles. The van der Waals surface area contributed by atoms with Crippen molar-refractivity contribution in [2.75, 3.05) is 25.1 Å². The molecule has 3 rings (SSSR count). The van der Waals surface area contributed by atoms with E-state index in [1.807, 2.05) is 6.07 Å². The third kappa shape index (κ3) is 3.94. The first-order chi connectivity index (χ1) is 12.9. The molecule has 1 aliphatic carbocycles. The monoisotopic (exact) mass is 373 g/mol. The molecule has 27 heavy (non-hydrogen) atoms. The average Bonchev–Trinajstić information content (AvgIpc) is 3.23. The number of nitrogens with one attached hydrogen (secondary N) is 1. The Bertz CT molecular complexity index is 743. The summed E-state index contributed by atoms with van der Waals surface area (Å²) < 4.78 is 4.99. The van der Waals surface area contributed by atoms with Crippen LogP contribution >= 0.6 is 0 Å². The molecule has 0 radical (unpaired) electrons. The fourth-order valence-electron chi connectivity index (χ4n) is 3.51. The molecule has 1 saturated carbocycles. The zero-order chi connectivity index (χ0) is 19.4. The highest BCUT2D eigenvalue weighted by Gasteiger charge is 2.52. The Kier molecular flexibility index (Phi) is 5.43. The van der Waals surface area contributed by atoms with Crippen LogP contribution in [-0.2, 0) is 19.1 Å². The molecule has 8 nitrogen and oxygen atoms in total. The number of esters is 1. The summed E-state index contributed by atoms with van der Waals surface area (Å²) in [6.07, 6.45) is 2.94. The van der Waals surface area contributed by atoms with Gasteiger partial charge in [0.15, 0.2) is 6.61 Å². The number of rotatable bonds is 6. The summed E-state index contributed by atoms with van der Waals surface area (Å²) in [5.41, 5.74) is -0.0882. The molecule has 8 heteroatoms. The van der Waals surface area contributed by atoms with Crippen molar-refractivity contribution in [3.05, 3.63) is 30.3 Å². The third-order valence-electron chi connectivity index (χ3n) is 5.12. The van der Waals surface area contributed by atoms with Gasteiger partial charge in [0, 0.05) is 19.3 Å². The summed E-state index contributed by atoms with van der Waals surface area (Å²) in [5.74, 6) is -1.26. The van der Waals surface area contributed by atoms with Crippen LogP contribution in [0.25, 0.3) is 0 Å². The summed E-state index contributed by atoms with van der Waals surface area (Å²) in [7, 11) is 1.60. The predicted molar refractivity (Wildman–Crippen MR) is 96.9 cm³/mol. The molecule has 144 valence electrons. The maximum atomic E-state index is 12.5. The predicted octanol–water partition coefficient (Wildman–Crippen LogP) is 1.45. The van der Waals surface area contributed by atoms with E-state index in [0.29, 0.717) is 18.5 Å². The van der Waals surface area contributed by atoms with Crippen LogP contribution in [0.4, 0.5) is 10.5 Å². The van der Waals surface area contributed by atoms with Crippen molar-refractivity contribution in [1.29, 1.82) is 0 Å². The number of urea groups is 1. The van der Waals surface area contributed by atoms with Gasteiger partial charge in [-0.1, -0.05) is 31.0 Å².